The first-order valence-electron chi connectivity index (χ1n) is 6.72. The number of nitrogens with two attached hydrogens (primary N) is 1. The highest BCUT2D eigenvalue weighted by Crippen LogP contribution is 2.19. The van der Waals surface area contributed by atoms with Crippen LogP contribution < -0.4 is 5.73 Å². The van der Waals surface area contributed by atoms with Gasteiger partial charge in [0.1, 0.15) is 5.82 Å². The van der Waals surface area contributed by atoms with Crippen LogP contribution in [0.3, 0.4) is 0 Å². The van der Waals surface area contributed by atoms with E-state index in [0.29, 0.717) is 0 Å². The van der Waals surface area contributed by atoms with Gasteiger partial charge in [-0.2, -0.15) is 0 Å². The van der Waals surface area contributed by atoms with Gasteiger partial charge in [0.05, 0.1) is 6.54 Å². The van der Waals surface area contributed by atoms with Crippen LogP contribution in [0.15, 0.2) is 41.1 Å². The molecular formula is C15H21BrN4. The Kier molecular flexibility index (Phi) is 5.34. The maximum absolute atomic E-state index is 6.25. The Hall–Kier alpha value is -1.17. The number of hydrogen-bond donors (Lipinski definition) is 1. The Labute approximate surface area is 128 Å². The Morgan fingerprint density at radius 1 is 1.45 bits per heavy atom. The van der Waals surface area contributed by atoms with Crippen LogP contribution in [0, 0.1) is 0 Å². The largest absolute Gasteiger partial charge is 0.337 e. The predicted octanol–water partition coefficient (Wildman–Crippen LogP) is 2.70. The third-order valence-corrected chi connectivity index (χ3v) is 3.92. The molecule has 0 aliphatic heterocycles. The molecule has 0 aliphatic rings. The molecule has 20 heavy (non-hydrogen) atoms. The number of halogens is 1. The second kappa shape index (κ2) is 7.02. The lowest BCUT2D eigenvalue weighted by molar-refractivity contribution is 0.301. The summed E-state index contributed by atoms with van der Waals surface area (Å²) >= 11 is 3.48. The summed E-state index contributed by atoms with van der Waals surface area (Å²) in [6.07, 6.45) is 4.73. The fourth-order valence-corrected chi connectivity index (χ4v) is 2.55. The van der Waals surface area contributed by atoms with E-state index in [-0.39, 0.29) is 6.04 Å². The minimum Gasteiger partial charge on any atom is -0.337 e. The van der Waals surface area contributed by atoms with Crippen LogP contribution in [0.5, 0.6) is 0 Å². The van der Waals surface area contributed by atoms with Gasteiger partial charge in [-0.05, 0) is 31.2 Å². The molecule has 1 atom stereocenters. The number of aryl methyl sites for hydroxylation is 1. The lowest BCUT2D eigenvalue weighted by Gasteiger charge is -2.19. The summed E-state index contributed by atoms with van der Waals surface area (Å²) in [5.74, 6) is 1.07. The van der Waals surface area contributed by atoms with Crippen LogP contribution in [-0.4, -0.2) is 28.0 Å². The topological polar surface area (TPSA) is 47.1 Å². The van der Waals surface area contributed by atoms with Gasteiger partial charge in [0, 0.05) is 36.5 Å². The van der Waals surface area contributed by atoms with E-state index >= 15 is 0 Å². The highest BCUT2D eigenvalue weighted by Gasteiger charge is 2.09. The van der Waals surface area contributed by atoms with E-state index in [1.807, 2.05) is 36.1 Å². The molecule has 0 spiro atoms. The second-order valence-electron chi connectivity index (χ2n) is 5.14. The Balaban J connectivity index is 1.84. The lowest BCUT2D eigenvalue weighted by Crippen LogP contribution is -2.24. The summed E-state index contributed by atoms with van der Waals surface area (Å²) in [4.78, 5) is 6.59. The zero-order valence-corrected chi connectivity index (χ0v) is 13.5. The van der Waals surface area contributed by atoms with E-state index in [1.54, 1.807) is 0 Å². The van der Waals surface area contributed by atoms with Gasteiger partial charge in [0.25, 0.3) is 0 Å². The minimum absolute atomic E-state index is 0.0660. The SMILES string of the molecule is CN(CCC(N)c1cccc(Br)c1)Cc1nccn1C. The van der Waals surface area contributed by atoms with E-state index in [2.05, 4.69) is 45.0 Å². The Bertz CT molecular complexity index is 552. The van der Waals surface area contributed by atoms with Crippen molar-refractivity contribution in [3.63, 3.8) is 0 Å². The van der Waals surface area contributed by atoms with Crippen LogP contribution in [0.2, 0.25) is 0 Å². The van der Waals surface area contributed by atoms with E-state index in [4.69, 9.17) is 5.73 Å². The van der Waals surface area contributed by atoms with E-state index in [0.717, 1.165) is 29.8 Å². The molecule has 2 N–H and O–H groups in total. The molecule has 0 fully saturated rings. The quantitative estimate of drug-likeness (QED) is 0.882. The van der Waals surface area contributed by atoms with Crippen molar-refractivity contribution in [1.29, 1.82) is 0 Å². The van der Waals surface area contributed by atoms with Crippen LogP contribution in [-0.2, 0) is 13.6 Å². The van der Waals surface area contributed by atoms with Crippen molar-refractivity contribution in [3.8, 4) is 0 Å². The molecule has 0 bridgehead atoms. The summed E-state index contributed by atoms with van der Waals surface area (Å²) in [6.45, 7) is 1.79. The number of nitrogens with zero attached hydrogens (tertiary/aromatic N) is 3. The molecule has 1 aromatic heterocycles. The van der Waals surface area contributed by atoms with Gasteiger partial charge in [-0.3, -0.25) is 4.90 Å². The van der Waals surface area contributed by atoms with Crippen molar-refractivity contribution >= 4 is 15.9 Å². The lowest BCUT2D eigenvalue weighted by atomic mass is 10.0. The number of hydrogen-bond acceptors (Lipinski definition) is 3. The van der Waals surface area contributed by atoms with E-state index in [9.17, 15) is 0 Å². The molecule has 0 aliphatic carbocycles. The summed E-state index contributed by atoms with van der Waals surface area (Å²) in [6, 6.07) is 8.27. The fourth-order valence-electron chi connectivity index (χ4n) is 2.13. The minimum atomic E-state index is 0.0660. The summed E-state index contributed by atoms with van der Waals surface area (Å²) in [5, 5.41) is 0. The third kappa shape index (κ3) is 4.16. The number of rotatable bonds is 6. The second-order valence-corrected chi connectivity index (χ2v) is 6.06. The summed E-state index contributed by atoms with van der Waals surface area (Å²) < 4.78 is 3.12. The van der Waals surface area contributed by atoms with Gasteiger partial charge in [-0.1, -0.05) is 28.1 Å². The fraction of sp³-hybridized carbons (Fsp3) is 0.400. The number of aromatic nitrogens is 2. The molecule has 2 rings (SSSR count). The molecule has 5 heteroatoms. The maximum atomic E-state index is 6.25. The smallest absolute Gasteiger partial charge is 0.122 e. The number of imidazole rings is 1. The first-order chi connectivity index (χ1) is 9.56. The zero-order chi connectivity index (χ0) is 14.5. The van der Waals surface area contributed by atoms with Crippen molar-refractivity contribution < 1.29 is 0 Å². The van der Waals surface area contributed by atoms with Gasteiger partial charge in [0.2, 0.25) is 0 Å². The van der Waals surface area contributed by atoms with Crippen molar-refractivity contribution in [3.05, 3.63) is 52.5 Å². The van der Waals surface area contributed by atoms with Gasteiger partial charge in [0.15, 0.2) is 0 Å². The van der Waals surface area contributed by atoms with Crippen molar-refractivity contribution in [2.24, 2.45) is 12.8 Å². The Morgan fingerprint density at radius 2 is 2.25 bits per heavy atom. The highest BCUT2D eigenvalue weighted by atomic mass is 79.9. The molecule has 0 saturated heterocycles. The molecule has 1 aromatic carbocycles. The standard InChI is InChI=1S/C15H21BrN4/c1-19(11-15-18-7-9-20(15)2)8-6-14(17)12-4-3-5-13(16)10-12/h3-5,7,9-10,14H,6,8,11,17H2,1-2H3. The highest BCUT2D eigenvalue weighted by molar-refractivity contribution is 9.10. The van der Waals surface area contributed by atoms with Gasteiger partial charge < -0.3 is 10.3 Å². The summed E-state index contributed by atoms with van der Waals surface area (Å²) in [7, 11) is 4.12. The average Bonchev–Trinajstić information content (AvgIpc) is 2.81. The molecule has 0 radical (unpaired) electrons. The van der Waals surface area contributed by atoms with Gasteiger partial charge >= 0.3 is 0 Å². The monoisotopic (exact) mass is 336 g/mol. The molecule has 1 heterocycles. The Morgan fingerprint density at radius 3 is 2.90 bits per heavy atom. The molecule has 108 valence electrons. The molecule has 2 aromatic rings. The van der Waals surface area contributed by atoms with Crippen LogP contribution >= 0.6 is 15.9 Å². The molecular weight excluding hydrogens is 316 g/mol. The third-order valence-electron chi connectivity index (χ3n) is 3.43. The van der Waals surface area contributed by atoms with Crippen LogP contribution in [0.4, 0.5) is 0 Å². The van der Waals surface area contributed by atoms with E-state index < -0.39 is 0 Å². The zero-order valence-electron chi connectivity index (χ0n) is 12.0. The van der Waals surface area contributed by atoms with Crippen LogP contribution in [0.25, 0.3) is 0 Å². The molecule has 1 unspecified atom stereocenters. The molecule has 0 amide bonds. The number of benzene rings is 1. The molecule has 0 saturated carbocycles. The predicted molar refractivity (Wildman–Crippen MR) is 85.2 cm³/mol. The van der Waals surface area contributed by atoms with E-state index in [1.165, 1.54) is 5.56 Å². The first-order valence-corrected chi connectivity index (χ1v) is 7.51. The van der Waals surface area contributed by atoms with Crippen molar-refractivity contribution in [2.75, 3.05) is 13.6 Å². The van der Waals surface area contributed by atoms with Gasteiger partial charge in [-0.15, -0.1) is 0 Å². The average molecular weight is 337 g/mol. The normalized spacial score (nSPS) is 12.8. The van der Waals surface area contributed by atoms with Crippen LogP contribution in [0.1, 0.15) is 23.9 Å². The van der Waals surface area contributed by atoms with Crippen molar-refractivity contribution in [2.45, 2.75) is 19.0 Å². The summed E-state index contributed by atoms with van der Waals surface area (Å²) in [5.41, 5.74) is 7.42. The maximum Gasteiger partial charge on any atom is 0.122 e. The van der Waals surface area contributed by atoms with Crippen molar-refractivity contribution in [1.82, 2.24) is 14.5 Å². The molecule has 4 nitrogen and oxygen atoms in total. The first kappa shape index (κ1) is 15.2. The van der Waals surface area contributed by atoms with Gasteiger partial charge in [-0.25, -0.2) is 4.98 Å².